The van der Waals surface area contributed by atoms with Crippen molar-refractivity contribution in [2.45, 2.75) is 30.6 Å². The van der Waals surface area contributed by atoms with Crippen molar-refractivity contribution in [3.63, 3.8) is 0 Å². The van der Waals surface area contributed by atoms with E-state index in [9.17, 15) is 42.0 Å². The average molecular weight is 575 g/mol. The van der Waals surface area contributed by atoms with Crippen molar-refractivity contribution < 1.29 is 74.5 Å². The Balaban J connectivity index is 1.70. The van der Waals surface area contributed by atoms with Crippen molar-refractivity contribution in [1.29, 1.82) is 0 Å². The van der Waals surface area contributed by atoms with Gasteiger partial charge in [-0.2, -0.15) is 21.8 Å². The van der Waals surface area contributed by atoms with Crippen LogP contribution in [0.3, 0.4) is 0 Å². The molecule has 2 aromatic rings. The van der Waals surface area contributed by atoms with Crippen molar-refractivity contribution in [1.82, 2.24) is 4.98 Å². The van der Waals surface area contributed by atoms with E-state index in [0.29, 0.717) is 4.70 Å². The number of aliphatic hydroxyl groups excluding tert-OH is 2. The monoisotopic (exact) mass is 575 g/mol. The van der Waals surface area contributed by atoms with Gasteiger partial charge in [-0.3, -0.25) is 4.52 Å². The summed E-state index contributed by atoms with van der Waals surface area (Å²) in [4.78, 5) is 39.5. The number of phosphoric acid groups is 3. The topological polar surface area (TPSA) is 222 Å². The predicted molar refractivity (Wildman–Crippen MR) is 104 cm³/mol. The number of ether oxygens (including phenoxy) is 1. The molecule has 1 saturated heterocycles. The SMILES string of the molecule is O=P(O)(O)OP(=O)(O)OP(=O)(O)OCC1O[C@@H](c2nc3cc(C(F)(F)F)ccc3s2)[C@@H](O)[C@H]1O. The number of fused-ring (bicyclic) bond motifs is 1. The molecular weight excluding hydrogens is 560 g/mol. The highest BCUT2D eigenvalue weighted by Crippen LogP contribution is 2.66. The minimum absolute atomic E-state index is 0.0262. The third-order valence-corrected chi connectivity index (χ3v) is 9.06. The van der Waals surface area contributed by atoms with Crippen LogP contribution in [0.4, 0.5) is 13.2 Å². The van der Waals surface area contributed by atoms with Crippen LogP contribution in [0.2, 0.25) is 0 Å². The van der Waals surface area contributed by atoms with Gasteiger partial charge in [-0.25, -0.2) is 18.7 Å². The summed E-state index contributed by atoms with van der Waals surface area (Å²) < 4.78 is 89.5. The summed E-state index contributed by atoms with van der Waals surface area (Å²) in [6, 6.07) is 2.76. The molecule has 0 spiro atoms. The van der Waals surface area contributed by atoms with E-state index in [4.69, 9.17) is 19.4 Å². The van der Waals surface area contributed by atoms with Crippen LogP contribution in [0.5, 0.6) is 0 Å². The zero-order valence-corrected chi connectivity index (χ0v) is 19.6. The summed E-state index contributed by atoms with van der Waals surface area (Å²) in [5.74, 6) is 0. The summed E-state index contributed by atoms with van der Waals surface area (Å²) in [5.41, 5.74) is -1.02. The lowest BCUT2D eigenvalue weighted by Gasteiger charge is -2.19. The molecule has 1 aromatic heterocycles. The summed E-state index contributed by atoms with van der Waals surface area (Å²) in [6.07, 6.45) is -11.0. The van der Waals surface area contributed by atoms with Gasteiger partial charge in [0.2, 0.25) is 0 Å². The third-order valence-electron chi connectivity index (χ3n) is 4.16. The Morgan fingerprint density at radius 1 is 1.03 bits per heavy atom. The first-order chi connectivity index (χ1) is 15.4. The van der Waals surface area contributed by atoms with Gasteiger partial charge in [-0.1, -0.05) is 0 Å². The maximum Gasteiger partial charge on any atom is 0.490 e. The lowest BCUT2D eigenvalue weighted by atomic mass is 10.1. The Hall–Kier alpha value is -0.810. The first-order valence-electron chi connectivity index (χ1n) is 8.64. The number of nitrogens with zero attached hydrogens (tertiary/aromatic N) is 1. The van der Waals surface area contributed by atoms with E-state index in [0.717, 1.165) is 29.5 Å². The second-order valence-corrected chi connectivity index (χ2v) is 12.2. The molecule has 1 aliphatic rings. The fourth-order valence-corrected chi connectivity index (χ4v) is 6.86. The molecule has 1 aliphatic heterocycles. The molecule has 0 aliphatic carbocycles. The van der Waals surface area contributed by atoms with E-state index in [-0.39, 0.29) is 10.5 Å². The van der Waals surface area contributed by atoms with E-state index < -0.39 is 66.2 Å². The highest BCUT2D eigenvalue weighted by molar-refractivity contribution is 7.66. The Labute approximate surface area is 191 Å². The zero-order valence-electron chi connectivity index (χ0n) is 16.1. The Bertz CT molecular complexity index is 1200. The molecule has 2 heterocycles. The summed E-state index contributed by atoms with van der Waals surface area (Å²) in [5, 5.41) is 20.3. The van der Waals surface area contributed by atoms with Gasteiger partial charge in [0.15, 0.2) is 0 Å². The van der Waals surface area contributed by atoms with Gasteiger partial charge < -0.3 is 34.5 Å². The van der Waals surface area contributed by atoms with Crippen LogP contribution in [0.15, 0.2) is 18.2 Å². The fourth-order valence-electron chi connectivity index (χ4n) is 2.80. The second kappa shape index (κ2) is 9.57. The molecule has 0 saturated carbocycles. The standard InChI is InChI=1S/C13H15F3NO13P3S/c14-13(15,16)5-1-2-8-6(3-5)17-12(34-8)11-10(19)9(18)7(28-11)4-27-32(23,24)30-33(25,26)29-31(20,21)22/h1-3,7,9-11,18-19H,4H2,(H,23,24)(H,25,26)(H2,20,21,22)/t7?,9-,10-,11+/m0/s1. The van der Waals surface area contributed by atoms with Gasteiger partial charge >= 0.3 is 29.6 Å². The van der Waals surface area contributed by atoms with Crippen molar-refractivity contribution >= 4 is 45.0 Å². The van der Waals surface area contributed by atoms with Gasteiger partial charge in [-0.15, -0.1) is 11.3 Å². The number of rotatable bonds is 8. The normalized spacial score (nSPS) is 27.6. The average Bonchev–Trinajstić information content (AvgIpc) is 3.17. The largest absolute Gasteiger partial charge is 0.490 e. The number of aliphatic hydroxyl groups is 2. The molecule has 0 bridgehead atoms. The number of aromatic nitrogens is 1. The minimum atomic E-state index is -5.76. The molecule has 6 N–H and O–H groups in total. The molecule has 1 fully saturated rings. The first kappa shape index (κ1) is 27.8. The van der Waals surface area contributed by atoms with Crippen LogP contribution >= 0.6 is 34.8 Å². The van der Waals surface area contributed by atoms with Crippen LogP contribution in [-0.4, -0.2) is 59.7 Å². The highest BCUT2D eigenvalue weighted by atomic mass is 32.1. The lowest BCUT2D eigenvalue weighted by Crippen LogP contribution is -2.33. The Kier molecular flexibility index (Phi) is 7.82. The minimum Gasteiger partial charge on any atom is -0.387 e. The summed E-state index contributed by atoms with van der Waals surface area (Å²) in [7, 11) is -16.9. The van der Waals surface area contributed by atoms with Gasteiger partial charge in [0.05, 0.1) is 22.4 Å². The van der Waals surface area contributed by atoms with E-state index in [1.165, 1.54) is 0 Å². The number of thiazole rings is 1. The maximum atomic E-state index is 12.9. The van der Waals surface area contributed by atoms with Gasteiger partial charge in [0.1, 0.15) is 29.4 Å². The highest BCUT2D eigenvalue weighted by Gasteiger charge is 2.47. The van der Waals surface area contributed by atoms with Crippen molar-refractivity contribution in [2.24, 2.45) is 0 Å². The van der Waals surface area contributed by atoms with Crippen LogP contribution < -0.4 is 0 Å². The molecular formula is C13H15F3NO13P3S. The first-order valence-corrected chi connectivity index (χ1v) is 14.0. The molecule has 21 heteroatoms. The van der Waals surface area contributed by atoms with Crippen LogP contribution in [0.1, 0.15) is 16.7 Å². The van der Waals surface area contributed by atoms with E-state index >= 15 is 0 Å². The quantitative estimate of drug-likeness (QED) is 0.247. The van der Waals surface area contributed by atoms with Crippen LogP contribution in [0, 0.1) is 0 Å². The molecule has 3 unspecified atom stereocenters. The molecule has 1 aromatic carbocycles. The van der Waals surface area contributed by atoms with Gasteiger partial charge in [-0.05, 0) is 18.2 Å². The number of hydrogen-bond donors (Lipinski definition) is 6. The molecule has 3 rings (SSSR count). The lowest BCUT2D eigenvalue weighted by molar-refractivity contribution is -0.137. The van der Waals surface area contributed by atoms with Gasteiger partial charge in [0.25, 0.3) is 0 Å². The van der Waals surface area contributed by atoms with E-state index in [1.807, 2.05) is 0 Å². The second-order valence-electron chi connectivity index (χ2n) is 6.70. The number of alkyl halides is 3. The van der Waals surface area contributed by atoms with Crippen molar-refractivity contribution in [2.75, 3.05) is 6.61 Å². The number of phosphoric ester groups is 1. The van der Waals surface area contributed by atoms with Crippen molar-refractivity contribution in [3.8, 4) is 0 Å². The van der Waals surface area contributed by atoms with Crippen LogP contribution in [0.25, 0.3) is 10.2 Å². The molecule has 192 valence electrons. The number of hydrogen-bond acceptors (Lipinski definition) is 11. The van der Waals surface area contributed by atoms with Crippen LogP contribution in [-0.2, 0) is 37.8 Å². The smallest absolute Gasteiger partial charge is 0.387 e. The third kappa shape index (κ3) is 6.90. The Morgan fingerprint density at radius 2 is 1.68 bits per heavy atom. The fraction of sp³-hybridized carbons (Fsp3) is 0.462. The molecule has 34 heavy (non-hydrogen) atoms. The van der Waals surface area contributed by atoms with E-state index in [1.54, 1.807) is 0 Å². The Morgan fingerprint density at radius 3 is 2.26 bits per heavy atom. The molecule has 6 atom stereocenters. The molecule has 0 radical (unpaired) electrons. The van der Waals surface area contributed by atoms with E-state index in [2.05, 4.69) is 18.1 Å². The van der Waals surface area contributed by atoms with Gasteiger partial charge in [0, 0.05) is 0 Å². The summed E-state index contributed by atoms with van der Waals surface area (Å²) in [6.45, 7) is -1.04. The maximum absolute atomic E-state index is 12.9. The molecule has 0 amide bonds. The predicted octanol–water partition coefficient (Wildman–Crippen LogP) is 1.82. The number of benzene rings is 1. The molecule has 14 nitrogen and oxygen atoms in total. The zero-order chi connectivity index (χ0) is 25.7. The van der Waals surface area contributed by atoms with Crippen molar-refractivity contribution in [3.05, 3.63) is 28.8 Å². The summed E-state index contributed by atoms with van der Waals surface area (Å²) >= 11 is 0.854. The number of halogens is 3.